The fourth-order valence-electron chi connectivity index (χ4n) is 1.43. The molecule has 0 aliphatic heterocycles. The molecule has 1 heterocycles. The molecule has 1 aromatic rings. The molecule has 0 aromatic carbocycles. The quantitative estimate of drug-likeness (QED) is 0.499. The molecule has 0 fully saturated rings. The highest BCUT2D eigenvalue weighted by atomic mass is 32.1. The number of carboxylic acid groups (broad SMARTS) is 1. The summed E-state index contributed by atoms with van der Waals surface area (Å²) in [7, 11) is 0. The number of aromatic nitrogens is 1. The lowest BCUT2D eigenvalue weighted by Gasteiger charge is -2.18. The molecule has 0 atom stereocenters. The number of amides is 1. The van der Waals surface area contributed by atoms with Gasteiger partial charge in [0, 0.05) is 5.38 Å². The normalized spacial score (nSPS) is 11.9. The maximum Gasteiger partial charge on any atom is 0.397 e. The van der Waals surface area contributed by atoms with Crippen molar-refractivity contribution >= 4 is 39.9 Å². The van der Waals surface area contributed by atoms with Gasteiger partial charge in [-0.3, -0.25) is 10.1 Å². The van der Waals surface area contributed by atoms with Gasteiger partial charge in [0.15, 0.2) is 5.13 Å². The van der Waals surface area contributed by atoms with Crippen LogP contribution in [0.15, 0.2) is 11.5 Å². The zero-order valence-electron chi connectivity index (χ0n) is 12.8. The van der Waals surface area contributed by atoms with Crippen molar-refractivity contribution in [1.29, 1.82) is 0 Å². The summed E-state index contributed by atoms with van der Waals surface area (Å²) in [5.74, 6) is -3.07. The maximum absolute atomic E-state index is 11.7. The smallest absolute Gasteiger partial charge is 0.397 e. The Morgan fingerprint density at radius 3 is 2.55 bits per heavy atom. The van der Waals surface area contributed by atoms with Crippen molar-refractivity contribution in [3.05, 3.63) is 17.2 Å². The number of allylic oxidation sites excluding steroid dienone is 1. The van der Waals surface area contributed by atoms with Crippen LogP contribution in [0.3, 0.4) is 0 Å². The molecule has 120 valence electrons. The Bertz CT molecular complexity index is 613. The van der Waals surface area contributed by atoms with E-state index in [1.807, 2.05) is 0 Å². The van der Waals surface area contributed by atoms with Gasteiger partial charge >= 0.3 is 17.8 Å². The lowest BCUT2D eigenvalue weighted by Crippen LogP contribution is -2.32. The van der Waals surface area contributed by atoms with Crippen molar-refractivity contribution in [1.82, 2.24) is 4.98 Å². The Morgan fingerprint density at radius 2 is 2.05 bits per heavy atom. The second-order valence-electron chi connectivity index (χ2n) is 5.33. The fourth-order valence-corrected chi connectivity index (χ4v) is 2.14. The van der Waals surface area contributed by atoms with E-state index in [1.54, 1.807) is 27.7 Å². The lowest BCUT2D eigenvalue weighted by molar-refractivity contribution is -0.161. The van der Waals surface area contributed by atoms with Crippen LogP contribution in [-0.2, 0) is 19.1 Å². The summed E-state index contributed by atoms with van der Waals surface area (Å²) < 4.78 is 4.92. The first-order chi connectivity index (χ1) is 10.1. The largest absolute Gasteiger partial charge is 0.478 e. The van der Waals surface area contributed by atoms with E-state index in [2.05, 4.69) is 10.3 Å². The van der Waals surface area contributed by atoms with Crippen molar-refractivity contribution < 1.29 is 24.2 Å². The molecule has 0 aliphatic carbocycles. The molecule has 0 aliphatic rings. The minimum atomic E-state index is -1.10. The van der Waals surface area contributed by atoms with Gasteiger partial charge in [-0.1, -0.05) is 13.0 Å². The third kappa shape index (κ3) is 5.28. The highest BCUT2D eigenvalue weighted by Gasteiger charge is 2.24. The molecule has 0 bridgehead atoms. The predicted molar refractivity (Wildman–Crippen MR) is 82.5 cm³/mol. The Balaban J connectivity index is 2.81. The number of thiazole rings is 1. The predicted octanol–water partition coefficient (Wildman–Crippen LogP) is 2.30. The van der Waals surface area contributed by atoms with Crippen molar-refractivity contribution in [2.75, 3.05) is 5.32 Å². The van der Waals surface area contributed by atoms with E-state index in [-0.39, 0.29) is 16.4 Å². The molecule has 0 spiro atoms. The Morgan fingerprint density at radius 1 is 1.41 bits per heavy atom. The average molecular weight is 326 g/mol. The van der Waals surface area contributed by atoms with Crippen LogP contribution in [0, 0.1) is 0 Å². The van der Waals surface area contributed by atoms with E-state index in [1.165, 1.54) is 11.5 Å². The molecule has 0 radical (unpaired) electrons. The van der Waals surface area contributed by atoms with E-state index in [9.17, 15) is 14.4 Å². The standard InChI is InChI=1S/C14H18N2O5S/c1-5-6-8(11(18)19)9-7-22-13(15-9)16-10(17)12(20)21-14(2,3)4/h6-7H,5H2,1-4H3,(H,18,19)(H,15,16,17). The zero-order valence-corrected chi connectivity index (χ0v) is 13.6. The average Bonchev–Trinajstić information content (AvgIpc) is 2.81. The Kier molecular flexibility index (Phi) is 5.81. The number of carbonyl (C=O) groups excluding carboxylic acids is 2. The Hall–Kier alpha value is -2.22. The number of aliphatic carboxylic acids is 1. The molecule has 1 aromatic heterocycles. The number of hydrogen-bond donors (Lipinski definition) is 2. The van der Waals surface area contributed by atoms with Gasteiger partial charge in [-0.05, 0) is 27.2 Å². The Labute approximate surface area is 132 Å². The molecular weight excluding hydrogens is 308 g/mol. The SMILES string of the molecule is CCC=C(C(=O)O)c1csc(NC(=O)C(=O)OC(C)(C)C)n1. The number of carboxylic acids is 1. The van der Waals surface area contributed by atoms with Crippen LogP contribution < -0.4 is 5.32 Å². The molecule has 2 N–H and O–H groups in total. The van der Waals surface area contributed by atoms with Crippen LogP contribution >= 0.6 is 11.3 Å². The molecule has 1 amide bonds. The lowest BCUT2D eigenvalue weighted by atomic mass is 10.2. The van der Waals surface area contributed by atoms with Gasteiger partial charge in [-0.15, -0.1) is 11.3 Å². The summed E-state index contributed by atoms with van der Waals surface area (Å²) in [5, 5.41) is 13.0. The third-order valence-corrected chi connectivity index (χ3v) is 2.98. The minimum Gasteiger partial charge on any atom is -0.478 e. The number of hydrogen-bond acceptors (Lipinski definition) is 6. The van der Waals surface area contributed by atoms with Crippen molar-refractivity contribution in [3.63, 3.8) is 0 Å². The topological polar surface area (TPSA) is 106 Å². The summed E-state index contributed by atoms with van der Waals surface area (Å²) in [6.07, 6.45) is 2.07. The molecule has 1 rings (SSSR count). The monoisotopic (exact) mass is 326 g/mol. The molecular formula is C14H18N2O5S. The molecule has 0 unspecified atom stereocenters. The van der Waals surface area contributed by atoms with E-state index in [0.717, 1.165) is 11.3 Å². The van der Waals surface area contributed by atoms with Crippen LogP contribution in [0.4, 0.5) is 5.13 Å². The van der Waals surface area contributed by atoms with Crippen molar-refractivity contribution in [3.8, 4) is 0 Å². The van der Waals surface area contributed by atoms with Crippen molar-refractivity contribution in [2.24, 2.45) is 0 Å². The number of ether oxygens (including phenoxy) is 1. The molecule has 0 saturated carbocycles. The van der Waals surface area contributed by atoms with Gasteiger partial charge in [0.25, 0.3) is 0 Å². The van der Waals surface area contributed by atoms with Gasteiger partial charge in [-0.2, -0.15) is 0 Å². The summed E-state index contributed by atoms with van der Waals surface area (Å²) in [4.78, 5) is 38.4. The van der Waals surface area contributed by atoms with Crippen LogP contribution in [0.5, 0.6) is 0 Å². The van der Waals surface area contributed by atoms with Crippen LogP contribution in [0.1, 0.15) is 39.8 Å². The van der Waals surface area contributed by atoms with Gasteiger partial charge in [0.1, 0.15) is 5.60 Å². The second-order valence-corrected chi connectivity index (χ2v) is 6.18. The first-order valence-corrected chi connectivity index (χ1v) is 7.45. The van der Waals surface area contributed by atoms with E-state index in [4.69, 9.17) is 9.84 Å². The maximum atomic E-state index is 11.7. The van der Waals surface area contributed by atoms with E-state index < -0.39 is 23.4 Å². The molecule has 8 heteroatoms. The van der Waals surface area contributed by atoms with Crippen LogP contribution in [0.2, 0.25) is 0 Å². The molecule has 7 nitrogen and oxygen atoms in total. The molecule has 22 heavy (non-hydrogen) atoms. The van der Waals surface area contributed by atoms with Gasteiger partial charge in [-0.25, -0.2) is 14.6 Å². The van der Waals surface area contributed by atoms with Gasteiger partial charge in [0.05, 0.1) is 11.3 Å². The van der Waals surface area contributed by atoms with E-state index in [0.29, 0.717) is 6.42 Å². The van der Waals surface area contributed by atoms with Gasteiger partial charge in [0.2, 0.25) is 0 Å². The van der Waals surface area contributed by atoms with Gasteiger partial charge < -0.3 is 9.84 Å². The van der Waals surface area contributed by atoms with E-state index >= 15 is 0 Å². The number of anilines is 1. The first-order valence-electron chi connectivity index (χ1n) is 6.57. The van der Waals surface area contributed by atoms with Crippen molar-refractivity contribution in [2.45, 2.75) is 39.7 Å². The number of nitrogens with one attached hydrogen (secondary N) is 1. The summed E-state index contributed by atoms with van der Waals surface area (Å²) >= 11 is 1.03. The number of nitrogens with zero attached hydrogens (tertiary/aromatic N) is 1. The third-order valence-electron chi connectivity index (χ3n) is 2.22. The van der Waals surface area contributed by atoms with Crippen LogP contribution in [0.25, 0.3) is 5.57 Å². The molecule has 0 saturated heterocycles. The highest BCUT2D eigenvalue weighted by Crippen LogP contribution is 2.22. The highest BCUT2D eigenvalue weighted by molar-refractivity contribution is 7.14. The number of esters is 1. The number of rotatable bonds is 4. The fraction of sp³-hybridized carbons (Fsp3) is 0.429. The summed E-state index contributed by atoms with van der Waals surface area (Å²) in [5.41, 5.74) is -0.488. The zero-order chi connectivity index (χ0) is 16.9. The first kappa shape index (κ1) is 17.8. The minimum absolute atomic E-state index is 0.0523. The van der Waals surface area contributed by atoms with Crippen LogP contribution in [-0.4, -0.2) is 33.5 Å². The summed E-state index contributed by atoms with van der Waals surface area (Å²) in [6, 6.07) is 0. The summed E-state index contributed by atoms with van der Waals surface area (Å²) in [6.45, 7) is 6.75. The number of carbonyl (C=O) groups is 3. The second kappa shape index (κ2) is 7.17.